The summed E-state index contributed by atoms with van der Waals surface area (Å²) in [5, 5.41) is 22.9. The van der Waals surface area contributed by atoms with Crippen LogP contribution in [0, 0.1) is 12.3 Å². The summed E-state index contributed by atoms with van der Waals surface area (Å²) in [5.74, 6) is 5.15. The highest BCUT2D eigenvalue weighted by atomic mass is 35.5. The van der Waals surface area contributed by atoms with E-state index in [1.54, 1.807) is 97.1 Å². The Labute approximate surface area is 678 Å². The molecule has 14 aromatic rings. The van der Waals surface area contributed by atoms with Crippen molar-refractivity contribution in [2.24, 2.45) is 22.9 Å². The average Bonchev–Trinajstić information content (AvgIpc) is 1.65. The van der Waals surface area contributed by atoms with Gasteiger partial charge in [-0.1, -0.05) is 129 Å². The molecule has 0 spiro atoms. The first-order valence-corrected chi connectivity index (χ1v) is 38.8. The molecule has 558 valence electrons. The van der Waals surface area contributed by atoms with Gasteiger partial charge in [0.15, 0.2) is 0 Å². The van der Waals surface area contributed by atoms with Crippen molar-refractivity contribution in [3.63, 3.8) is 0 Å². The van der Waals surface area contributed by atoms with Crippen molar-refractivity contribution >= 4 is 243 Å². The normalized spacial score (nSPS) is 11.7. The second kappa shape index (κ2) is 39.8. The van der Waals surface area contributed by atoms with E-state index < -0.39 is 12.1 Å². The molecule has 0 aliphatic carbocycles. The molecule has 0 saturated carbocycles. The standard InChI is InChI=1S/C21H17Cl3N4O2S.C21H18Cl2N4O2S.C16H13Cl2N3OS.C14H13Cl2N3OS.CO2/c22-11-3-5-12(6-4-11)27-21(29)14(25)8-16-18(24)19-20(31-16)15(9-17(23)28-19)26-10-13-2-1-7-30-13;22-17-10-15(25-11-13-7-4-8-29-13)20-19(27-17)18(23)16(30-20)9-14(24)21(28)26-12-5-2-1-3-6-12;1-2-9(19)6-12-14(18)15-16(23-12)11(7-13(17)21-15)20-8-10-4-3-5-22-10;15-11-6-9(18-7-8-2-1-5-20-8)14-13(19-11)12(16)10(21-14)3-4-17;2-1-3/h1-7,9,14H,8,10,25H2,(H,26,28)(H,27,29);1-8,10,14H,9,11,24H2,(H,25,27)(H,26,28);1,3-5,7,9H,6,8,19H2,(H,20,21);1-2,5-6H,3-4,7,17H2,(H,18,19);/t2*14-;9-;;/m110../s1. The number of rotatable bonds is 24. The predicted octanol–water partition coefficient (Wildman–Crippen LogP) is 19.3. The number of anilines is 6. The number of carbonyl (C=O) groups excluding carboxylic acids is 4. The maximum Gasteiger partial charge on any atom is 0.373 e. The lowest BCUT2D eigenvalue weighted by Gasteiger charge is -2.11. The average molecular weight is 1710 g/mol. The van der Waals surface area contributed by atoms with Crippen molar-refractivity contribution in [1.29, 1.82) is 0 Å². The van der Waals surface area contributed by atoms with Crippen molar-refractivity contribution in [3.8, 4) is 12.3 Å². The number of nitrogens with zero attached hydrogens (tertiary/aromatic N) is 4. The topological polar surface area (TPSA) is 349 Å². The number of terminal acetylenes is 1. The Morgan fingerprint density at radius 2 is 0.741 bits per heavy atom. The van der Waals surface area contributed by atoms with Gasteiger partial charge in [-0.15, -0.1) is 51.8 Å². The quantitative estimate of drug-likeness (QED) is 0.0198. The Morgan fingerprint density at radius 1 is 0.435 bits per heavy atom. The maximum atomic E-state index is 12.5. The summed E-state index contributed by atoms with van der Waals surface area (Å²) in [4.78, 5) is 62.1. The van der Waals surface area contributed by atoms with Crippen molar-refractivity contribution in [3.05, 3.63) is 241 Å². The Bertz CT molecular complexity index is 5410. The number of thiophene rings is 4. The molecule has 108 heavy (non-hydrogen) atoms. The Morgan fingerprint density at radius 3 is 1.05 bits per heavy atom. The smallest absolute Gasteiger partial charge is 0.373 e. The first-order chi connectivity index (χ1) is 52.1. The Kier molecular flexibility index (Phi) is 30.2. The molecule has 14 N–H and O–H groups in total. The fraction of sp³-hybridized carbons (Fsp3) is 0.164. The highest BCUT2D eigenvalue weighted by molar-refractivity contribution is 7.21. The van der Waals surface area contributed by atoms with Crippen LogP contribution in [0.1, 0.15) is 42.5 Å². The second-order valence-electron chi connectivity index (χ2n) is 22.8. The molecule has 22 nitrogen and oxygen atoms in total. The first kappa shape index (κ1) is 82.0. The maximum absolute atomic E-state index is 12.5. The molecule has 35 heteroatoms. The number of fused-ring (bicyclic) bond motifs is 4. The van der Waals surface area contributed by atoms with Crippen LogP contribution in [0.3, 0.4) is 0 Å². The number of para-hydroxylation sites is 1. The second-order valence-corrected chi connectivity index (χ2v) is 30.8. The monoisotopic (exact) mass is 1700 g/mol. The van der Waals surface area contributed by atoms with Crippen LogP contribution in [0.15, 0.2) is 170 Å². The number of nitrogens with one attached hydrogen (secondary N) is 6. The lowest BCUT2D eigenvalue weighted by molar-refractivity contribution is -0.191. The van der Waals surface area contributed by atoms with Crippen LogP contribution >= 0.6 is 150 Å². The Balaban J connectivity index is 0.000000153. The third-order valence-electron chi connectivity index (χ3n) is 15.2. The van der Waals surface area contributed by atoms with Gasteiger partial charge in [-0.05, 0) is 97.9 Å². The van der Waals surface area contributed by atoms with Crippen LogP contribution in [-0.4, -0.2) is 62.6 Å². The molecule has 0 saturated heterocycles. The number of carbonyl (C=O) groups is 2. The van der Waals surface area contributed by atoms with E-state index in [0.29, 0.717) is 113 Å². The number of furan rings is 4. The molecule has 0 aliphatic heterocycles. The number of pyridine rings is 4. The van der Waals surface area contributed by atoms with Crippen LogP contribution in [0.5, 0.6) is 0 Å². The SMILES string of the molecule is C#C[C@H](N)Cc1sc2c(NCc3ccco3)cc(Cl)nc2c1Cl.NCCc1sc2c(NCc3ccco3)cc(Cl)nc2c1Cl.N[C@H](Cc1sc2c(NCc3ccco3)cc(Cl)nc2c1Cl)C(=O)Nc1ccc(Cl)cc1.N[C@H](Cc1sc2c(NCc3ccco3)cc(Cl)nc2c1Cl)C(=O)Nc1ccccc1.O=C=O. The molecule has 0 unspecified atom stereocenters. The zero-order valence-corrected chi connectivity index (χ0v) is 66.1. The summed E-state index contributed by atoms with van der Waals surface area (Å²) >= 11 is 62.4. The van der Waals surface area contributed by atoms with E-state index in [1.807, 2.05) is 66.7 Å². The van der Waals surface area contributed by atoms with Gasteiger partial charge in [-0.2, -0.15) is 9.59 Å². The van der Waals surface area contributed by atoms with Crippen LogP contribution in [0.25, 0.3) is 40.9 Å². The van der Waals surface area contributed by atoms with Gasteiger partial charge in [0, 0.05) is 79.4 Å². The van der Waals surface area contributed by atoms with E-state index in [1.165, 1.54) is 34.0 Å². The Hall–Kier alpha value is -8.47. The van der Waals surface area contributed by atoms with Gasteiger partial charge in [0.25, 0.3) is 0 Å². The predicted molar refractivity (Wildman–Crippen MR) is 439 cm³/mol. The van der Waals surface area contributed by atoms with E-state index in [0.717, 1.165) is 96.0 Å². The van der Waals surface area contributed by atoms with Gasteiger partial charge >= 0.3 is 6.15 Å². The lowest BCUT2D eigenvalue weighted by atomic mass is 10.1. The van der Waals surface area contributed by atoms with Gasteiger partial charge in [0.2, 0.25) is 11.8 Å². The third kappa shape index (κ3) is 22.2. The lowest BCUT2D eigenvalue weighted by Crippen LogP contribution is -2.37. The zero-order valence-electron chi connectivity index (χ0n) is 56.0. The third-order valence-corrected chi connectivity index (χ3v) is 23.3. The van der Waals surface area contributed by atoms with E-state index >= 15 is 0 Å². The van der Waals surface area contributed by atoms with Gasteiger partial charge in [-0.25, -0.2) is 19.9 Å². The molecule has 3 atom stereocenters. The van der Waals surface area contributed by atoms with Gasteiger partial charge in [-0.3, -0.25) is 9.59 Å². The van der Waals surface area contributed by atoms with Crippen molar-refractivity contribution in [2.45, 2.75) is 70.0 Å². The highest BCUT2D eigenvalue weighted by Crippen LogP contribution is 2.44. The van der Waals surface area contributed by atoms with Crippen LogP contribution in [0.2, 0.25) is 45.7 Å². The molecular formula is C73H61Cl9N14O8S4. The number of hydrogen-bond acceptors (Lipinski definition) is 24. The van der Waals surface area contributed by atoms with E-state index in [-0.39, 0.29) is 36.8 Å². The molecule has 0 fully saturated rings. The van der Waals surface area contributed by atoms with E-state index in [4.69, 9.17) is 161 Å². The van der Waals surface area contributed by atoms with Crippen molar-refractivity contribution in [2.75, 3.05) is 38.4 Å². The zero-order chi connectivity index (χ0) is 77.0. The van der Waals surface area contributed by atoms with Crippen LogP contribution < -0.4 is 54.8 Å². The minimum Gasteiger partial charge on any atom is -0.467 e. The number of nitrogens with two attached hydrogens (primary N) is 4. The fourth-order valence-electron chi connectivity index (χ4n) is 10.2. The largest absolute Gasteiger partial charge is 0.467 e. The molecule has 12 heterocycles. The number of aromatic nitrogens is 4. The van der Waals surface area contributed by atoms with Crippen LogP contribution in [-0.2, 0) is 71.0 Å². The van der Waals surface area contributed by atoms with Crippen LogP contribution in [0.4, 0.5) is 34.1 Å². The summed E-state index contributed by atoms with van der Waals surface area (Å²) in [7, 11) is 0. The van der Waals surface area contributed by atoms with E-state index in [2.05, 4.69) is 57.8 Å². The molecule has 2 amide bonds. The van der Waals surface area contributed by atoms with Gasteiger partial charge in [0.05, 0.1) is 131 Å². The highest BCUT2D eigenvalue weighted by Gasteiger charge is 2.25. The molecule has 0 aliphatic rings. The number of amides is 2. The van der Waals surface area contributed by atoms with Crippen molar-refractivity contribution in [1.82, 2.24) is 19.9 Å². The van der Waals surface area contributed by atoms with Gasteiger partial charge in [0.1, 0.15) is 65.7 Å². The summed E-state index contributed by atoms with van der Waals surface area (Å²) < 4.78 is 24.9. The molecule has 0 radical (unpaired) electrons. The molecular weight excluding hydrogens is 1650 g/mol. The molecule has 14 rings (SSSR count). The van der Waals surface area contributed by atoms with E-state index in [9.17, 15) is 9.59 Å². The van der Waals surface area contributed by atoms with Crippen molar-refractivity contribution < 1.29 is 36.8 Å². The number of halogens is 9. The summed E-state index contributed by atoms with van der Waals surface area (Å²) in [6.45, 7) is 2.64. The minimum absolute atomic E-state index is 0.250. The van der Waals surface area contributed by atoms with Gasteiger partial charge < -0.3 is 72.5 Å². The summed E-state index contributed by atoms with van der Waals surface area (Å²) in [6, 6.07) is 36.0. The molecule has 2 aromatic carbocycles. The first-order valence-electron chi connectivity index (χ1n) is 32.1. The summed E-state index contributed by atoms with van der Waals surface area (Å²) in [6.07, 6.45) is 13.9. The fourth-order valence-corrected chi connectivity index (χ4v) is 17.3. The molecule has 0 bridgehead atoms. The minimum atomic E-state index is -0.795. The number of benzene rings is 2. The summed E-state index contributed by atoms with van der Waals surface area (Å²) in [5.41, 5.74) is 30.9. The molecule has 12 aromatic heterocycles. The number of hydrogen-bond donors (Lipinski definition) is 10.